The van der Waals surface area contributed by atoms with E-state index in [-0.39, 0.29) is 0 Å². The van der Waals surface area contributed by atoms with Crippen molar-refractivity contribution >= 4 is 0 Å². The summed E-state index contributed by atoms with van der Waals surface area (Å²) in [5.41, 5.74) is 0.743. The molecule has 1 aliphatic heterocycles. The maximum absolute atomic E-state index is 3.48. The molecule has 10 heavy (non-hydrogen) atoms. The van der Waals surface area contributed by atoms with Crippen molar-refractivity contribution < 1.29 is 0 Å². The molecule has 2 fully saturated rings. The van der Waals surface area contributed by atoms with Gasteiger partial charge in [-0.15, -0.1) is 0 Å². The number of nitrogens with one attached hydrogen (secondary N) is 2. The van der Waals surface area contributed by atoms with Crippen molar-refractivity contribution in [2.75, 3.05) is 19.6 Å². The first-order valence-electron chi connectivity index (χ1n) is 4.29. The Morgan fingerprint density at radius 1 is 1.50 bits per heavy atom. The molecule has 58 valence electrons. The summed E-state index contributed by atoms with van der Waals surface area (Å²) in [5.74, 6) is 0. The van der Waals surface area contributed by atoms with Crippen LogP contribution in [0.1, 0.15) is 19.8 Å². The second-order valence-corrected chi connectivity index (χ2v) is 3.77. The molecular formula is C8H16N2. The van der Waals surface area contributed by atoms with Crippen molar-refractivity contribution in [3.8, 4) is 0 Å². The SMILES string of the molecule is CCNC1CC2(CNC2)C1. The fourth-order valence-electron chi connectivity index (χ4n) is 2.19. The van der Waals surface area contributed by atoms with Gasteiger partial charge in [0.1, 0.15) is 0 Å². The molecule has 2 N–H and O–H groups in total. The quantitative estimate of drug-likeness (QED) is 0.578. The summed E-state index contributed by atoms with van der Waals surface area (Å²) >= 11 is 0. The van der Waals surface area contributed by atoms with E-state index >= 15 is 0 Å². The van der Waals surface area contributed by atoms with Gasteiger partial charge in [-0.25, -0.2) is 0 Å². The maximum Gasteiger partial charge on any atom is 0.00794 e. The van der Waals surface area contributed by atoms with Crippen LogP contribution in [-0.2, 0) is 0 Å². The zero-order valence-electron chi connectivity index (χ0n) is 6.61. The standard InChI is InChI=1S/C8H16N2/c1-2-10-7-3-8(4-7)5-9-6-8/h7,9-10H,2-6H2,1H3. The highest BCUT2D eigenvalue weighted by Gasteiger charge is 2.47. The highest BCUT2D eigenvalue weighted by atomic mass is 15.0. The fraction of sp³-hybridized carbons (Fsp3) is 1.00. The lowest BCUT2D eigenvalue weighted by Crippen LogP contribution is -2.64. The summed E-state index contributed by atoms with van der Waals surface area (Å²) in [6, 6.07) is 0.840. The molecule has 0 bridgehead atoms. The van der Waals surface area contributed by atoms with Gasteiger partial charge in [0.25, 0.3) is 0 Å². The fourth-order valence-corrected chi connectivity index (χ4v) is 2.19. The highest BCUT2D eigenvalue weighted by molar-refractivity contribution is 5.05. The van der Waals surface area contributed by atoms with Crippen molar-refractivity contribution in [2.24, 2.45) is 5.41 Å². The molecule has 0 radical (unpaired) electrons. The molecular weight excluding hydrogens is 124 g/mol. The van der Waals surface area contributed by atoms with E-state index in [9.17, 15) is 0 Å². The van der Waals surface area contributed by atoms with Crippen LogP contribution in [0.5, 0.6) is 0 Å². The van der Waals surface area contributed by atoms with E-state index < -0.39 is 0 Å². The molecule has 2 heteroatoms. The molecule has 1 saturated heterocycles. The van der Waals surface area contributed by atoms with Gasteiger partial charge in [0, 0.05) is 19.1 Å². The Bertz CT molecular complexity index is 121. The molecule has 0 aromatic carbocycles. The minimum atomic E-state index is 0.743. The Kier molecular flexibility index (Phi) is 1.46. The summed E-state index contributed by atoms with van der Waals surface area (Å²) in [4.78, 5) is 0. The second-order valence-electron chi connectivity index (χ2n) is 3.77. The lowest BCUT2D eigenvalue weighted by Gasteiger charge is -2.54. The van der Waals surface area contributed by atoms with Crippen LogP contribution in [0.25, 0.3) is 0 Å². The van der Waals surface area contributed by atoms with Crippen LogP contribution in [0, 0.1) is 5.41 Å². The number of hydrogen-bond acceptors (Lipinski definition) is 2. The molecule has 1 heterocycles. The van der Waals surface area contributed by atoms with Crippen molar-refractivity contribution in [2.45, 2.75) is 25.8 Å². The first-order chi connectivity index (χ1) is 4.85. The van der Waals surface area contributed by atoms with E-state index in [1.165, 1.54) is 25.9 Å². The molecule has 0 aromatic rings. The van der Waals surface area contributed by atoms with Gasteiger partial charge in [-0.2, -0.15) is 0 Å². The Labute approximate surface area is 62.4 Å². The van der Waals surface area contributed by atoms with Gasteiger partial charge in [0.15, 0.2) is 0 Å². The topological polar surface area (TPSA) is 24.1 Å². The summed E-state index contributed by atoms with van der Waals surface area (Å²) < 4.78 is 0. The average molecular weight is 140 g/mol. The average Bonchev–Trinajstić information content (AvgIpc) is 1.72. The monoisotopic (exact) mass is 140 g/mol. The normalized spacial score (nSPS) is 29.7. The van der Waals surface area contributed by atoms with E-state index in [1.807, 2.05) is 0 Å². The molecule has 1 saturated carbocycles. The number of rotatable bonds is 2. The van der Waals surface area contributed by atoms with Crippen molar-refractivity contribution in [3.05, 3.63) is 0 Å². The third kappa shape index (κ3) is 0.867. The molecule has 2 nitrogen and oxygen atoms in total. The van der Waals surface area contributed by atoms with Gasteiger partial charge in [-0.05, 0) is 24.8 Å². The molecule has 0 unspecified atom stereocenters. The predicted octanol–water partition coefficient (Wildman–Crippen LogP) is 0.348. The van der Waals surface area contributed by atoms with Crippen LogP contribution in [0.3, 0.4) is 0 Å². The van der Waals surface area contributed by atoms with Crippen LogP contribution in [0.4, 0.5) is 0 Å². The summed E-state index contributed by atoms with van der Waals surface area (Å²) in [5, 5.41) is 6.82. The third-order valence-electron chi connectivity index (χ3n) is 2.85. The van der Waals surface area contributed by atoms with Gasteiger partial charge in [-0.1, -0.05) is 6.92 Å². The first kappa shape index (κ1) is 6.62. The van der Waals surface area contributed by atoms with Crippen molar-refractivity contribution in [1.82, 2.24) is 10.6 Å². The van der Waals surface area contributed by atoms with E-state index in [0.717, 1.165) is 18.0 Å². The predicted molar refractivity (Wildman–Crippen MR) is 42.0 cm³/mol. The van der Waals surface area contributed by atoms with E-state index in [1.54, 1.807) is 0 Å². The van der Waals surface area contributed by atoms with E-state index in [4.69, 9.17) is 0 Å². The maximum atomic E-state index is 3.48. The summed E-state index contributed by atoms with van der Waals surface area (Å²) in [6.45, 7) is 5.86. The second kappa shape index (κ2) is 2.21. The smallest absolute Gasteiger partial charge is 0.00794 e. The Balaban J connectivity index is 1.72. The molecule has 1 spiro atoms. The van der Waals surface area contributed by atoms with Gasteiger partial charge in [-0.3, -0.25) is 0 Å². The lowest BCUT2D eigenvalue weighted by atomic mass is 9.62. The van der Waals surface area contributed by atoms with Gasteiger partial charge in [0.2, 0.25) is 0 Å². The van der Waals surface area contributed by atoms with Gasteiger partial charge in [0.05, 0.1) is 0 Å². The molecule has 1 aliphatic carbocycles. The van der Waals surface area contributed by atoms with Crippen LogP contribution in [0.2, 0.25) is 0 Å². The molecule has 0 amide bonds. The van der Waals surface area contributed by atoms with Crippen molar-refractivity contribution in [3.63, 3.8) is 0 Å². The Hall–Kier alpha value is -0.0800. The van der Waals surface area contributed by atoms with Gasteiger partial charge >= 0.3 is 0 Å². The summed E-state index contributed by atoms with van der Waals surface area (Å²) in [7, 11) is 0. The van der Waals surface area contributed by atoms with Gasteiger partial charge < -0.3 is 10.6 Å². The largest absolute Gasteiger partial charge is 0.316 e. The Morgan fingerprint density at radius 2 is 2.20 bits per heavy atom. The lowest BCUT2D eigenvalue weighted by molar-refractivity contribution is 0.0245. The van der Waals surface area contributed by atoms with Crippen molar-refractivity contribution in [1.29, 1.82) is 0 Å². The highest BCUT2D eigenvalue weighted by Crippen LogP contribution is 2.43. The number of hydrogen-bond donors (Lipinski definition) is 2. The summed E-state index contributed by atoms with van der Waals surface area (Å²) in [6.07, 6.45) is 2.82. The Morgan fingerprint density at radius 3 is 2.60 bits per heavy atom. The van der Waals surface area contributed by atoms with Crippen LogP contribution in [0.15, 0.2) is 0 Å². The zero-order chi connectivity index (χ0) is 7.03. The van der Waals surface area contributed by atoms with E-state index in [0.29, 0.717) is 0 Å². The van der Waals surface area contributed by atoms with Crippen LogP contribution >= 0.6 is 0 Å². The first-order valence-corrected chi connectivity index (χ1v) is 4.29. The molecule has 2 rings (SSSR count). The molecule has 2 aliphatic rings. The molecule has 0 atom stereocenters. The minimum Gasteiger partial charge on any atom is -0.316 e. The third-order valence-corrected chi connectivity index (χ3v) is 2.85. The zero-order valence-corrected chi connectivity index (χ0v) is 6.61. The van der Waals surface area contributed by atoms with Crippen LogP contribution in [-0.4, -0.2) is 25.7 Å². The minimum absolute atomic E-state index is 0.743. The molecule has 0 aromatic heterocycles. The van der Waals surface area contributed by atoms with Crippen LogP contribution < -0.4 is 10.6 Å². The van der Waals surface area contributed by atoms with E-state index in [2.05, 4.69) is 17.6 Å².